The maximum absolute atomic E-state index is 13.0. The Morgan fingerprint density at radius 2 is 1.91 bits per heavy atom. The number of hydrogen-bond donors (Lipinski definition) is 1. The number of nitro benzene ring substituents is 1. The smallest absolute Gasteiger partial charge is 0.311 e. The van der Waals surface area contributed by atoms with Crippen LogP contribution in [-0.4, -0.2) is 47.9 Å². The zero-order valence-electron chi connectivity index (χ0n) is 18.2. The Bertz CT molecular complexity index is 951. The highest BCUT2D eigenvalue weighted by atomic mass is 35.5. The fourth-order valence-electron chi connectivity index (χ4n) is 2.89. The number of nitrogens with one attached hydrogen (secondary N) is 1. The maximum atomic E-state index is 13.0. The van der Waals surface area contributed by atoms with Gasteiger partial charge in [-0.3, -0.25) is 19.7 Å². The number of methoxy groups -OCH3 is 1. The minimum absolute atomic E-state index is 0.0188. The van der Waals surface area contributed by atoms with Gasteiger partial charge in [-0.1, -0.05) is 30.7 Å². The largest absolute Gasteiger partial charge is 0.490 e. The van der Waals surface area contributed by atoms with E-state index < -0.39 is 16.9 Å². The van der Waals surface area contributed by atoms with E-state index in [1.54, 1.807) is 31.2 Å². The van der Waals surface area contributed by atoms with Gasteiger partial charge in [0.2, 0.25) is 11.7 Å². The Labute approximate surface area is 191 Å². The summed E-state index contributed by atoms with van der Waals surface area (Å²) in [5.74, 6) is -0.441. The van der Waals surface area contributed by atoms with E-state index in [0.29, 0.717) is 11.6 Å². The minimum Gasteiger partial charge on any atom is -0.490 e. The van der Waals surface area contributed by atoms with Crippen molar-refractivity contribution >= 4 is 29.1 Å². The van der Waals surface area contributed by atoms with E-state index >= 15 is 0 Å². The van der Waals surface area contributed by atoms with Gasteiger partial charge in [-0.15, -0.1) is 0 Å². The van der Waals surface area contributed by atoms with Gasteiger partial charge in [-0.2, -0.15) is 0 Å². The van der Waals surface area contributed by atoms with E-state index in [-0.39, 0.29) is 36.2 Å². The molecule has 0 aromatic heterocycles. The molecule has 2 aromatic rings. The van der Waals surface area contributed by atoms with Gasteiger partial charge < -0.3 is 19.7 Å². The highest BCUT2D eigenvalue weighted by molar-refractivity contribution is 6.30. The van der Waals surface area contributed by atoms with Gasteiger partial charge in [0.1, 0.15) is 11.8 Å². The molecular weight excluding hydrogens is 438 g/mol. The highest BCUT2D eigenvalue weighted by Gasteiger charge is 2.26. The molecule has 0 aliphatic carbocycles. The van der Waals surface area contributed by atoms with E-state index in [1.165, 1.54) is 30.2 Å². The van der Waals surface area contributed by atoms with Crippen LogP contribution in [0.25, 0.3) is 0 Å². The van der Waals surface area contributed by atoms with Crippen LogP contribution in [0.15, 0.2) is 42.5 Å². The highest BCUT2D eigenvalue weighted by Crippen LogP contribution is 2.30. The lowest BCUT2D eigenvalue weighted by Gasteiger charge is -2.28. The van der Waals surface area contributed by atoms with Crippen molar-refractivity contribution in [2.24, 2.45) is 0 Å². The lowest BCUT2D eigenvalue weighted by molar-refractivity contribution is -0.385. The van der Waals surface area contributed by atoms with Crippen molar-refractivity contribution in [3.63, 3.8) is 0 Å². The van der Waals surface area contributed by atoms with Gasteiger partial charge in [0.15, 0.2) is 6.61 Å². The van der Waals surface area contributed by atoms with Crippen LogP contribution in [0.5, 0.6) is 11.5 Å². The first-order chi connectivity index (χ1) is 15.3. The molecule has 0 bridgehead atoms. The Balaban J connectivity index is 2.16. The second-order valence-corrected chi connectivity index (χ2v) is 7.43. The second-order valence-electron chi connectivity index (χ2n) is 6.99. The molecule has 32 heavy (non-hydrogen) atoms. The molecular formula is C22H26ClN3O6. The molecule has 0 aliphatic rings. The first-order valence-electron chi connectivity index (χ1n) is 10.0. The van der Waals surface area contributed by atoms with Gasteiger partial charge in [0.05, 0.1) is 12.0 Å². The zero-order chi connectivity index (χ0) is 23.7. The summed E-state index contributed by atoms with van der Waals surface area (Å²) in [4.78, 5) is 37.4. The molecule has 0 saturated heterocycles. The fraction of sp³-hybridized carbons (Fsp3) is 0.364. The maximum Gasteiger partial charge on any atom is 0.311 e. The van der Waals surface area contributed by atoms with Crippen molar-refractivity contribution in [3.05, 3.63) is 63.2 Å². The normalized spacial score (nSPS) is 11.4. The molecule has 2 rings (SSSR count). The van der Waals surface area contributed by atoms with Crippen LogP contribution in [0.2, 0.25) is 5.02 Å². The molecule has 10 heteroatoms. The van der Waals surface area contributed by atoms with Crippen molar-refractivity contribution in [1.29, 1.82) is 0 Å². The first kappa shape index (κ1) is 24.9. The van der Waals surface area contributed by atoms with Crippen LogP contribution in [0.1, 0.15) is 25.8 Å². The molecule has 0 aliphatic heterocycles. The summed E-state index contributed by atoms with van der Waals surface area (Å²) in [7, 11) is 1.31. The molecule has 1 unspecified atom stereocenters. The predicted octanol–water partition coefficient (Wildman–Crippen LogP) is 3.58. The first-order valence-corrected chi connectivity index (χ1v) is 10.4. The van der Waals surface area contributed by atoms with Crippen LogP contribution in [0.4, 0.5) is 5.69 Å². The lowest BCUT2D eigenvalue weighted by atomic mass is 10.1. The van der Waals surface area contributed by atoms with Crippen LogP contribution >= 0.6 is 11.6 Å². The predicted molar refractivity (Wildman–Crippen MR) is 120 cm³/mol. The van der Waals surface area contributed by atoms with Crippen LogP contribution in [-0.2, 0) is 16.1 Å². The molecule has 1 N–H and O–H groups in total. The van der Waals surface area contributed by atoms with Gasteiger partial charge >= 0.3 is 5.69 Å². The molecule has 0 spiro atoms. The van der Waals surface area contributed by atoms with Gasteiger partial charge in [-0.25, -0.2) is 0 Å². The third kappa shape index (κ3) is 6.84. The number of nitrogens with zero attached hydrogens (tertiary/aromatic N) is 2. The number of amides is 2. The van der Waals surface area contributed by atoms with Crippen LogP contribution in [0.3, 0.4) is 0 Å². The number of ether oxygens (including phenoxy) is 2. The number of nitro groups is 1. The molecule has 0 fully saturated rings. The molecule has 2 aromatic carbocycles. The Morgan fingerprint density at radius 3 is 2.50 bits per heavy atom. The van der Waals surface area contributed by atoms with Crippen molar-refractivity contribution in [2.75, 3.05) is 20.3 Å². The van der Waals surface area contributed by atoms with E-state index in [0.717, 1.165) is 12.0 Å². The molecule has 0 radical (unpaired) electrons. The van der Waals surface area contributed by atoms with E-state index in [2.05, 4.69) is 5.32 Å². The van der Waals surface area contributed by atoms with Gasteiger partial charge in [0, 0.05) is 30.2 Å². The Kier molecular flexibility index (Phi) is 9.27. The summed E-state index contributed by atoms with van der Waals surface area (Å²) in [6, 6.07) is 10.2. The summed E-state index contributed by atoms with van der Waals surface area (Å²) < 4.78 is 10.6. The third-order valence-corrected chi connectivity index (χ3v) is 4.94. The van der Waals surface area contributed by atoms with E-state index in [4.69, 9.17) is 21.1 Å². The summed E-state index contributed by atoms with van der Waals surface area (Å²) >= 11 is 5.94. The average Bonchev–Trinajstić information content (AvgIpc) is 2.79. The standard InChI is InChI=1S/C22H26ClN3O6/c1-4-11-24-22(28)15(2)25(13-16-5-7-17(23)8-6-16)21(27)14-32-18-9-10-19(26(29)30)20(12-18)31-3/h5-10,12,15H,4,11,13-14H2,1-3H3,(H,24,28). The number of hydrogen-bond acceptors (Lipinski definition) is 6. The molecule has 172 valence electrons. The lowest BCUT2D eigenvalue weighted by Crippen LogP contribution is -2.49. The number of carbonyl (C=O) groups excluding carboxylic acids is 2. The number of benzene rings is 2. The van der Waals surface area contributed by atoms with E-state index in [9.17, 15) is 19.7 Å². The Morgan fingerprint density at radius 1 is 1.22 bits per heavy atom. The average molecular weight is 464 g/mol. The monoisotopic (exact) mass is 463 g/mol. The summed E-state index contributed by atoms with van der Waals surface area (Å²) in [6.45, 7) is 3.91. The fourth-order valence-corrected chi connectivity index (χ4v) is 3.02. The topological polar surface area (TPSA) is 111 Å². The van der Waals surface area contributed by atoms with E-state index in [1.807, 2.05) is 6.92 Å². The van der Waals surface area contributed by atoms with Gasteiger partial charge in [0.25, 0.3) is 5.91 Å². The van der Waals surface area contributed by atoms with Gasteiger partial charge in [-0.05, 0) is 37.1 Å². The molecule has 0 saturated carbocycles. The number of halogens is 1. The number of carbonyl (C=O) groups is 2. The second kappa shape index (κ2) is 11.9. The quantitative estimate of drug-likeness (QED) is 0.402. The minimum atomic E-state index is -0.736. The molecule has 0 heterocycles. The summed E-state index contributed by atoms with van der Waals surface area (Å²) in [6.07, 6.45) is 0.772. The summed E-state index contributed by atoms with van der Waals surface area (Å²) in [5.41, 5.74) is 0.589. The molecule has 9 nitrogen and oxygen atoms in total. The zero-order valence-corrected chi connectivity index (χ0v) is 18.9. The third-order valence-electron chi connectivity index (χ3n) is 4.69. The molecule has 1 atom stereocenters. The van der Waals surface area contributed by atoms with Crippen LogP contribution < -0.4 is 14.8 Å². The van der Waals surface area contributed by atoms with Crippen molar-refractivity contribution in [1.82, 2.24) is 10.2 Å². The SMILES string of the molecule is CCCNC(=O)C(C)N(Cc1ccc(Cl)cc1)C(=O)COc1ccc([N+](=O)[O-])c(OC)c1. The van der Waals surface area contributed by atoms with Crippen molar-refractivity contribution in [3.8, 4) is 11.5 Å². The van der Waals surface area contributed by atoms with Crippen molar-refractivity contribution in [2.45, 2.75) is 32.9 Å². The number of rotatable bonds is 11. The Hall–Kier alpha value is -3.33. The molecule has 2 amide bonds. The van der Waals surface area contributed by atoms with Crippen molar-refractivity contribution < 1.29 is 24.0 Å². The summed E-state index contributed by atoms with van der Waals surface area (Å²) in [5, 5.41) is 14.4. The van der Waals surface area contributed by atoms with Crippen LogP contribution in [0, 0.1) is 10.1 Å².